The summed E-state index contributed by atoms with van der Waals surface area (Å²) in [5.74, 6) is 1.37. The van der Waals surface area contributed by atoms with Crippen LogP contribution in [0.1, 0.15) is 18.1 Å². The van der Waals surface area contributed by atoms with Gasteiger partial charge in [0.05, 0.1) is 25.6 Å². The first-order valence-corrected chi connectivity index (χ1v) is 9.20. The van der Waals surface area contributed by atoms with Crippen LogP contribution in [0.25, 0.3) is 11.3 Å². The summed E-state index contributed by atoms with van der Waals surface area (Å²) in [4.78, 5) is 4.57. The average molecular weight is 367 g/mol. The highest BCUT2D eigenvalue weighted by Crippen LogP contribution is 2.30. The van der Waals surface area contributed by atoms with Crippen molar-refractivity contribution in [1.29, 1.82) is 0 Å². The quantitative estimate of drug-likeness (QED) is 0.473. The second-order valence-electron chi connectivity index (χ2n) is 5.59. The van der Waals surface area contributed by atoms with Crippen LogP contribution in [0.4, 0.5) is 5.13 Å². The molecule has 0 radical (unpaired) electrons. The van der Waals surface area contributed by atoms with Gasteiger partial charge in [-0.25, -0.2) is 4.98 Å². The molecule has 1 heterocycles. The maximum atomic E-state index is 5.68. The number of thiazole rings is 1. The fraction of sp³-hybridized carbons (Fsp3) is 0.200. The molecule has 1 N–H and O–H groups in total. The number of aryl methyl sites for hydroxylation is 1. The highest BCUT2D eigenvalue weighted by Gasteiger charge is 2.08. The second kappa shape index (κ2) is 8.49. The fourth-order valence-corrected chi connectivity index (χ4v) is 3.10. The van der Waals surface area contributed by atoms with Gasteiger partial charge in [-0.1, -0.05) is 35.9 Å². The zero-order valence-corrected chi connectivity index (χ0v) is 15.8. The van der Waals surface area contributed by atoms with Gasteiger partial charge in [0.2, 0.25) is 5.13 Å². The summed E-state index contributed by atoms with van der Waals surface area (Å²) in [6.45, 7) is 4.57. The van der Waals surface area contributed by atoms with E-state index in [4.69, 9.17) is 9.47 Å². The first-order valence-electron chi connectivity index (χ1n) is 8.32. The van der Waals surface area contributed by atoms with Crippen molar-refractivity contribution in [2.45, 2.75) is 13.8 Å². The number of nitrogens with one attached hydrogen (secondary N) is 1. The number of ether oxygens (including phenoxy) is 2. The Balaban J connectivity index is 1.72. The monoisotopic (exact) mass is 367 g/mol. The Labute approximate surface area is 157 Å². The molecule has 3 rings (SSSR count). The van der Waals surface area contributed by atoms with Crippen LogP contribution in [0, 0.1) is 6.92 Å². The number of para-hydroxylation sites is 1. The van der Waals surface area contributed by atoms with Crippen molar-refractivity contribution in [3.63, 3.8) is 0 Å². The van der Waals surface area contributed by atoms with Gasteiger partial charge in [-0.05, 0) is 26.0 Å². The molecule has 0 saturated heterocycles. The lowest BCUT2D eigenvalue weighted by Crippen LogP contribution is -2.00. The van der Waals surface area contributed by atoms with E-state index in [0.717, 1.165) is 22.0 Å². The molecular weight excluding hydrogens is 346 g/mol. The van der Waals surface area contributed by atoms with E-state index in [-0.39, 0.29) is 0 Å². The summed E-state index contributed by atoms with van der Waals surface area (Å²) in [6.07, 6.45) is 1.71. The predicted molar refractivity (Wildman–Crippen MR) is 108 cm³/mol. The third-order valence-electron chi connectivity index (χ3n) is 3.73. The Morgan fingerprint density at radius 1 is 1.19 bits per heavy atom. The van der Waals surface area contributed by atoms with Gasteiger partial charge in [0, 0.05) is 16.5 Å². The number of rotatable bonds is 7. The molecule has 0 aliphatic heterocycles. The lowest BCUT2D eigenvalue weighted by Gasteiger charge is -2.11. The topological polar surface area (TPSA) is 55.7 Å². The molecule has 2 aromatic carbocycles. The molecule has 134 valence electrons. The van der Waals surface area contributed by atoms with Crippen LogP contribution in [0.2, 0.25) is 0 Å². The van der Waals surface area contributed by atoms with Crippen molar-refractivity contribution < 1.29 is 9.47 Å². The number of hydrogen-bond donors (Lipinski definition) is 1. The number of hydrazone groups is 1. The molecule has 26 heavy (non-hydrogen) atoms. The highest BCUT2D eigenvalue weighted by molar-refractivity contribution is 7.14. The Bertz CT molecular complexity index is 888. The van der Waals surface area contributed by atoms with Gasteiger partial charge < -0.3 is 9.47 Å². The zero-order valence-electron chi connectivity index (χ0n) is 15.0. The molecule has 6 heteroatoms. The van der Waals surface area contributed by atoms with Crippen LogP contribution in [0.5, 0.6) is 11.5 Å². The molecule has 0 fully saturated rings. The fourth-order valence-electron chi connectivity index (χ4n) is 2.43. The minimum absolute atomic E-state index is 0.557. The van der Waals surface area contributed by atoms with E-state index >= 15 is 0 Å². The Hall–Kier alpha value is -2.86. The third-order valence-corrected chi connectivity index (χ3v) is 4.48. The van der Waals surface area contributed by atoms with Gasteiger partial charge in [0.1, 0.15) is 0 Å². The summed E-state index contributed by atoms with van der Waals surface area (Å²) < 4.78 is 11.0. The Morgan fingerprint density at radius 2 is 2.00 bits per heavy atom. The van der Waals surface area contributed by atoms with E-state index in [2.05, 4.69) is 46.7 Å². The zero-order chi connectivity index (χ0) is 18.4. The van der Waals surface area contributed by atoms with Gasteiger partial charge >= 0.3 is 0 Å². The Kier molecular flexibility index (Phi) is 5.86. The minimum atomic E-state index is 0.557. The van der Waals surface area contributed by atoms with Crippen LogP contribution in [-0.4, -0.2) is 24.9 Å². The number of methoxy groups -OCH3 is 1. The predicted octanol–water partition coefficient (Wildman–Crippen LogP) is 4.97. The SMILES string of the molecule is CCOc1c(/C=N\Nc2nc(-c3ccc(C)cc3)cs2)cccc1OC. The van der Waals surface area contributed by atoms with Gasteiger partial charge in [-0.2, -0.15) is 5.10 Å². The summed E-state index contributed by atoms with van der Waals surface area (Å²) in [5, 5.41) is 7.04. The Morgan fingerprint density at radius 3 is 2.73 bits per heavy atom. The average Bonchev–Trinajstić information content (AvgIpc) is 3.12. The number of anilines is 1. The second-order valence-corrected chi connectivity index (χ2v) is 6.44. The molecule has 0 saturated carbocycles. The largest absolute Gasteiger partial charge is 0.493 e. The number of aromatic nitrogens is 1. The van der Waals surface area contributed by atoms with E-state index in [1.807, 2.05) is 30.5 Å². The van der Waals surface area contributed by atoms with Crippen LogP contribution in [-0.2, 0) is 0 Å². The van der Waals surface area contributed by atoms with E-state index in [1.165, 1.54) is 16.9 Å². The van der Waals surface area contributed by atoms with Crippen molar-refractivity contribution >= 4 is 22.7 Å². The van der Waals surface area contributed by atoms with Gasteiger partial charge in [0.15, 0.2) is 11.5 Å². The summed E-state index contributed by atoms with van der Waals surface area (Å²) in [5.41, 5.74) is 7.08. The van der Waals surface area contributed by atoms with Crippen LogP contribution >= 0.6 is 11.3 Å². The van der Waals surface area contributed by atoms with E-state index in [9.17, 15) is 0 Å². The van der Waals surface area contributed by atoms with Crippen molar-refractivity contribution in [1.82, 2.24) is 4.98 Å². The van der Waals surface area contributed by atoms with E-state index in [0.29, 0.717) is 18.1 Å². The minimum Gasteiger partial charge on any atom is -0.493 e. The van der Waals surface area contributed by atoms with Crippen molar-refractivity contribution in [2.24, 2.45) is 5.10 Å². The summed E-state index contributed by atoms with van der Waals surface area (Å²) in [6, 6.07) is 14.0. The lowest BCUT2D eigenvalue weighted by atomic mass is 10.1. The molecule has 5 nitrogen and oxygen atoms in total. The first kappa shape index (κ1) is 17.9. The van der Waals surface area contributed by atoms with Crippen LogP contribution < -0.4 is 14.9 Å². The first-order chi connectivity index (χ1) is 12.7. The van der Waals surface area contributed by atoms with Gasteiger partial charge in [-0.15, -0.1) is 11.3 Å². The lowest BCUT2D eigenvalue weighted by molar-refractivity contribution is 0.310. The molecule has 0 amide bonds. The standard InChI is InChI=1S/C20H21N3O2S/c1-4-25-19-16(6-5-7-18(19)24-3)12-21-23-20-22-17(13-26-20)15-10-8-14(2)9-11-15/h5-13H,4H2,1-3H3,(H,22,23)/b21-12-. The molecule has 0 bridgehead atoms. The van der Waals surface area contributed by atoms with E-state index in [1.54, 1.807) is 13.3 Å². The maximum Gasteiger partial charge on any atom is 0.203 e. The highest BCUT2D eigenvalue weighted by atomic mass is 32.1. The molecular formula is C20H21N3O2S. The number of benzene rings is 2. The maximum absolute atomic E-state index is 5.68. The van der Waals surface area contributed by atoms with Crippen LogP contribution in [0.3, 0.4) is 0 Å². The molecule has 0 unspecified atom stereocenters. The summed E-state index contributed by atoms with van der Waals surface area (Å²) >= 11 is 1.51. The molecule has 0 atom stereocenters. The third kappa shape index (κ3) is 4.21. The molecule has 0 aliphatic rings. The van der Waals surface area contributed by atoms with Gasteiger partial charge in [-0.3, -0.25) is 5.43 Å². The van der Waals surface area contributed by atoms with Crippen molar-refractivity contribution in [3.05, 3.63) is 59.0 Å². The smallest absolute Gasteiger partial charge is 0.203 e. The molecule has 3 aromatic rings. The normalized spacial score (nSPS) is 10.9. The van der Waals surface area contributed by atoms with Crippen molar-refractivity contribution in [3.8, 4) is 22.8 Å². The van der Waals surface area contributed by atoms with Gasteiger partial charge in [0.25, 0.3) is 0 Å². The number of hydrogen-bond acceptors (Lipinski definition) is 6. The van der Waals surface area contributed by atoms with Crippen LogP contribution in [0.15, 0.2) is 52.9 Å². The van der Waals surface area contributed by atoms with E-state index < -0.39 is 0 Å². The number of nitrogens with zero attached hydrogens (tertiary/aromatic N) is 2. The molecule has 0 spiro atoms. The van der Waals surface area contributed by atoms with Crippen molar-refractivity contribution in [2.75, 3.05) is 19.1 Å². The molecule has 0 aliphatic carbocycles. The molecule has 1 aromatic heterocycles. The summed E-state index contributed by atoms with van der Waals surface area (Å²) in [7, 11) is 1.62.